The first-order valence-corrected chi connectivity index (χ1v) is 9.71. The third-order valence-electron chi connectivity index (χ3n) is 4.78. The molecule has 2 heterocycles. The molecular weight excluding hydrogens is 477 g/mol. The van der Waals surface area contributed by atoms with Gasteiger partial charge in [0.05, 0.1) is 25.5 Å². The van der Waals surface area contributed by atoms with Crippen LogP contribution in [0.2, 0.25) is 0 Å². The van der Waals surface area contributed by atoms with Crippen LogP contribution in [0.4, 0.5) is 0 Å². The van der Waals surface area contributed by atoms with E-state index in [0.29, 0.717) is 13.2 Å². The minimum Gasteiger partial charge on any atom is -0.493 e. The number of ether oxygens (including phenoxy) is 1. The lowest BCUT2D eigenvalue weighted by atomic mass is 10.0. The van der Waals surface area contributed by atoms with Gasteiger partial charge < -0.3 is 19.8 Å². The fraction of sp³-hybridized carbons (Fsp3) is 0.261. The topological polar surface area (TPSA) is 58.8 Å². The molecule has 0 fully saturated rings. The quantitative estimate of drug-likeness (QED) is 0.291. The predicted octanol–water partition coefficient (Wildman–Crippen LogP) is 4.70. The maximum absolute atomic E-state index is 5.78. The third kappa shape index (κ3) is 6.00. The highest BCUT2D eigenvalue weighted by molar-refractivity contribution is 14.0. The Kier molecular flexibility index (Phi) is 7.98. The zero-order valence-corrected chi connectivity index (χ0v) is 18.5. The molecule has 4 rings (SSSR count). The Balaban J connectivity index is 0.00000240. The Morgan fingerprint density at radius 3 is 2.66 bits per heavy atom. The van der Waals surface area contributed by atoms with Crippen molar-refractivity contribution in [2.75, 3.05) is 13.2 Å². The van der Waals surface area contributed by atoms with Gasteiger partial charge in [-0.05, 0) is 23.8 Å². The van der Waals surface area contributed by atoms with E-state index in [0.717, 1.165) is 36.9 Å². The number of fused-ring (bicyclic) bond motifs is 1. The van der Waals surface area contributed by atoms with Crippen molar-refractivity contribution in [3.8, 4) is 5.75 Å². The molecular formula is C23H26IN3O2. The fourth-order valence-corrected chi connectivity index (χ4v) is 3.32. The summed E-state index contributed by atoms with van der Waals surface area (Å²) in [5.74, 6) is 2.72. The van der Waals surface area contributed by atoms with Crippen molar-refractivity contribution < 1.29 is 9.15 Å². The van der Waals surface area contributed by atoms with Crippen LogP contribution in [-0.2, 0) is 13.0 Å². The normalized spacial score (nSPS) is 15.6. The summed E-state index contributed by atoms with van der Waals surface area (Å²) in [7, 11) is 0. The number of furan rings is 1. The van der Waals surface area contributed by atoms with Gasteiger partial charge in [-0.3, -0.25) is 0 Å². The number of para-hydroxylation sites is 1. The summed E-state index contributed by atoms with van der Waals surface area (Å²) in [6.45, 7) is 2.08. The van der Waals surface area contributed by atoms with E-state index in [9.17, 15) is 0 Å². The van der Waals surface area contributed by atoms with Gasteiger partial charge >= 0.3 is 0 Å². The van der Waals surface area contributed by atoms with Crippen LogP contribution in [0.15, 0.2) is 82.4 Å². The summed E-state index contributed by atoms with van der Waals surface area (Å²) in [4.78, 5) is 4.80. The first-order valence-electron chi connectivity index (χ1n) is 9.71. The summed E-state index contributed by atoms with van der Waals surface area (Å²) in [6.07, 6.45) is 3.42. The van der Waals surface area contributed by atoms with Crippen molar-refractivity contribution in [1.29, 1.82) is 0 Å². The number of benzene rings is 2. The van der Waals surface area contributed by atoms with Gasteiger partial charge in [-0.2, -0.15) is 0 Å². The van der Waals surface area contributed by atoms with Crippen molar-refractivity contribution in [2.45, 2.75) is 25.4 Å². The second kappa shape index (κ2) is 10.9. The number of hydrogen-bond donors (Lipinski definition) is 2. The van der Waals surface area contributed by atoms with Crippen molar-refractivity contribution in [1.82, 2.24) is 10.6 Å². The number of nitrogens with zero attached hydrogens (tertiary/aromatic N) is 1. The number of halogens is 1. The molecule has 1 aromatic heterocycles. The molecule has 1 atom stereocenters. The molecule has 6 heteroatoms. The fourth-order valence-electron chi connectivity index (χ4n) is 3.32. The van der Waals surface area contributed by atoms with E-state index in [1.807, 2.05) is 48.5 Å². The van der Waals surface area contributed by atoms with Crippen LogP contribution in [0, 0.1) is 0 Å². The molecule has 0 aliphatic carbocycles. The highest BCUT2D eigenvalue weighted by Crippen LogP contribution is 2.31. The third-order valence-corrected chi connectivity index (χ3v) is 4.78. The Bertz CT molecular complexity index is 898. The maximum atomic E-state index is 5.78. The molecule has 3 aromatic rings. The van der Waals surface area contributed by atoms with Crippen LogP contribution in [0.1, 0.15) is 29.3 Å². The highest BCUT2D eigenvalue weighted by atomic mass is 127. The first kappa shape index (κ1) is 21.2. The molecule has 0 radical (unpaired) electrons. The molecule has 2 aromatic carbocycles. The molecule has 152 valence electrons. The first-order chi connectivity index (χ1) is 13.9. The van der Waals surface area contributed by atoms with Crippen LogP contribution < -0.4 is 15.4 Å². The van der Waals surface area contributed by atoms with Gasteiger partial charge in [0.1, 0.15) is 11.5 Å². The van der Waals surface area contributed by atoms with E-state index in [2.05, 4.69) is 28.8 Å². The molecule has 0 bridgehead atoms. The van der Waals surface area contributed by atoms with E-state index < -0.39 is 0 Å². The van der Waals surface area contributed by atoms with Crippen molar-refractivity contribution in [3.63, 3.8) is 0 Å². The average molecular weight is 503 g/mol. The van der Waals surface area contributed by atoms with Crippen molar-refractivity contribution in [3.05, 3.63) is 89.9 Å². The second-order valence-corrected chi connectivity index (χ2v) is 6.78. The minimum absolute atomic E-state index is 0. The summed E-state index contributed by atoms with van der Waals surface area (Å²) in [6, 6.07) is 22.6. The number of aliphatic imine (C=N–C) groups is 1. The lowest BCUT2D eigenvalue weighted by Gasteiger charge is -2.28. The number of guanidine groups is 1. The van der Waals surface area contributed by atoms with Gasteiger partial charge in [0.25, 0.3) is 0 Å². The molecule has 1 aliphatic rings. The summed E-state index contributed by atoms with van der Waals surface area (Å²) >= 11 is 0. The van der Waals surface area contributed by atoms with Crippen LogP contribution in [-0.4, -0.2) is 19.1 Å². The van der Waals surface area contributed by atoms with Crippen LogP contribution in [0.3, 0.4) is 0 Å². The molecule has 0 saturated carbocycles. The smallest absolute Gasteiger partial charge is 0.192 e. The number of nitrogens with one attached hydrogen (secondary N) is 2. The SMILES string of the molecule is I.c1ccc(CN=C(NCCc2ccco2)NC2CCOc3ccccc32)cc1. The van der Waals surface area contributed by atoms with E-state index >= 15 is 0 Å². The molecule has 0 saturated heterocycles. The monoisotopic (exact) mass is 503 g/mol. The summed E-state index contributed by atoms with van der Waals surface area (Å²) in [5, 5.41) is 7.04. The van der Waals surface area contributed by atoms with Gasteiger partial charge in [-0.1, -0.05) is 48.5 Å². The van der Waals surface area contributed by atoms with E-state index in [4.69, 9.17) is 14.1 Å². The van der Waals surface area contributed by atoms with Gasteiger partial charge in [0.15, 0.2) is 5.96 Å². The molecule has 0 spiro atoms. The molecule has 5 nitrogen and oxygen atoms in total. The Hall–Kier alpha value is -2.48. The van der Waals surface area contributed by atoms with Gasteiger partial charge in [-0.25, -0.2) is 4.99 Å². The lowest BCUT2D eigenvalue weighted by Crippen LogP contribution is -2.41. The zero-order valence-electron chi connectivity index (χ0n) is 16.2. The van der Waals surface area contributed by atoms with E-state index in [-0.39, 0.29) is 30.0 Å². The van der Waals surface area contributed by atoms with Crippen LogP contribution in [0.25, 0.3) is 0 Å². The maximum Gasteiger partial charge on any atom is 0.192 e. The predicted molar refractivity (Wildman–Crippen MR) is 126 cm³/mol. The summed E-state index contributed by atoms with van der Waals surface area (Å²) < 4.78 is 11.2. The van der Waals surface area contributed by atoms with Crippen LogP contribution in [0.5, 0.6) is 5.75 Å². The minimum atomic E-state index is 0. The van der Waals surface area contributed by atoms with E-state index in [1.54, 1.807) is 6.26 Å². The average Bonchev–Trinajstić information content (AvgIpc) is 3.26. The number of rotatable bonds is 6. The molecule has 1 unspecified atom stereocenters. The van der Waals surface area contributed by atoms with E-state index in [1.165, 1.54) is 11.1 Å². The lowest BCUT2D eigenvalue weighted by molar-refractivity contribution is 0.261. The van der Waals surface area contributed by atoms with Gasteiger partial charge in [-0.15, -0.1) is 24.0 Å². The molecule has 2 N–H and O–H groups in total. The molecule has 1 aliphatic heterocycles. The summed E-state index contributed by atoms with van der Waals surface area (Å²) in [5.41, 5.74) is 2.36. The molecule has 0 amide bonds. The largest absolute Gasteiger partial charge is 0.493 e. The van der Waals surface area contributed by atoms with Crippen LogP contribution >= 0.6 is 24.0 Å². The van der Waals surface area contributed by atoms with Crippen molar-refractivity contribution in [2.24, 2.45) is 4.99 Å². The number of hydrogen-bond acceptors (Lipinski definition) is 3. The van der Waals surface area contributed by atoms with Gasteiger partial charge in [0, 0.05) is 24.9 Å². The Labute approximate surface area is 188 Å². The Morgan fingerprint density at radius 2 is 1.83 bits per heavy atom. The highest BCUT2D eigenvalue weighted by Gasteiger charge is 2.21. The van der Waals surface area contributed by atoms with Crippen molar-refractivity contribution >= 4 is 29.9 Å². The second-order valence-electron chi connectivity index (χ2n) is 6.78. The standard InChI is InChI=1S/C23H25N3O2.HI/c1-2-7-18(8-3-1)17-25-23(24-14-12-19-9-6-15-27-19)26-21-13-16-28-22-11-5-4-10-20(21)22;/h1-11,15,21H,12-14,16-17H2,(H2,24,25,26);1H. The zero-order chi connectivity index (χ0) is 19.0. The molecule has 29 heavy (non-hydrogen) atoms. The van der Waals surface area contributed by atoms with Gasteiger partial charge in [0.2, 0.25) is 0 Å². The Morgan fingerprint density at radius 1 is 1.00 bits per heavy atom.